The zero-order chi connectivity index (χ0) is 12.3. The number of thiophene rings is 1. The highest BCUT2D eigenvalue weighted by Gasteiger charge is 2.64. The molecule has 2 aliphatic rings. The van der Waals surface area contributed by atoms with Crippen molar-refractivity contribution in [1.29, 1.82) is 0 Å². The van der Waals surface area contributed by atoms with Crippen molar-refractivity contribution in [3.8, 4) is 0 Å². The minimum atomic E-state index is -4.14. The summed E-state index contributed by atoms with van der Waals surface area (Å²) in [5.41, 5.74) is -0.663. The van der Waals surface area contributed by atoms with E-state index in [2.05, 4.69) is 5.32 Å². The fourth-order valence-corrected chi connectivity index (χ4v) is 3.81. The predicted molar refractivity (Wildman–Crippen MR) is 61.5 cm³/mol. The van der Waals surface area contributed by atoms with Crippen molar-refractivity contribution in [2.45, 2.75) is 43.4 Å². The number of nitrogens with one attached hydrogen (secondary N) is 1. The molecule has 1 saturated carbocycles. The molecular formula is C11H11ClF3NS. The number of aryl methyl sites for hydroxylation is 1. The summed E-state index contributed by atoms with van der Waals surface area (Å²) in [6.45, 7) is 0. The van der Waals surface area contributed by atoms with Gasteiger partial charge < -0.3 is 0 Å². The van der Waals surface area contributed by atoms with Crippen molar-refractivity contribution in [2.24, 2.45) is 0 Å². The van der Waals surface area contributed by atoms with Crippen LogP contribution in [-0.4, -0.2) is 11.7 Å². The second-order valence-electron chi connectivity index (χ2n) is 4.74. The van der Waals surface area contributed by atoms with Crippen molar-refractivity contribution in [3.63, 3.8) is 0 Å². The van der Waals surface area contributed by atoms with Gasteiger partial charge in [0.15, 0.2) is 0 Å². The monoisotopic (exact) mass is 281 g/mol. The Hall–Kier alpha value is -0.260. The molecule has 1 nitrogen and oxygen atoms in total. The lowest BCUT2D eigenvalue weighted by molar-refractivity contribution is -0.168. The van der Waals surface area contributed by atoms with Crippen molar-refractivity contribution in [1.82, 2.24) is 5.32 Å². The summed E-state index contributed by atoms with van der Waals surface area (Å²) in [6.07, 6.45) is -2.18. The molecule has 1 aromatic rings. The van der Waals surface area contributed by atoms with Gasteiger partial charge in [-0.3, -0.25) is 5.32 Å². The molecule has 94 valence electrons. The Morgan fingerprint density at radius 1 is 1.41 bits per heavy atom. The maximum absolute atomic E-state index is 12.8. The Labute approximate surface area is 106 Å². The van der Waals surface area contributed by atoms with E-state index >= 15 is 0 Å². The molecule has 0 spiro atoms. The minimum absolute atomic E-state index is 0.183. The topological polar surface area (TPSA) is 12.0 Å². The third kappa shape index (κ3) is 1.88. The van der Waals surface area contributed by atoms with E-state index < -0.39 is 11.7 Å². The lowest BCUT2D eigenvalue weighted by Gasteiger charge is -2.25. The van der Waals surface area contributed by atoms with Gasteiger partial charge in [-0.2, -0.15) is 13.2 Å². The summed E-state index contributed by atoms with van der Waals surface area (Å²) in [4.78, 5) is 1.13. The van der Waals surface area contributed by atoms with Gasteiger partial charge in [-0.25, -0.2) is 0 Å². The van der Waals surface area contributed by atoms with Crippen LogP contribution in [0.25, 0.3) is 0 Å². The molecule has 0 radical (unpaired) electrons. The highest BCUT2D eigenvalue weighted by molar-refractivity contribution is 7.16. The normalized spacial score (nSPS) is 26.0. The molecule has 1 fully saturated rings. The van der Waals surface area contributed by atoms with Gasteiger partial charge in [0.1, 0.15) is 5.54 Å². The Morgan fingerprint density at radius 2 is 2.12 bits per heavy atom. The summed E-state index contributed by atoms with van der Waals surface area (Å²) < 4.78 is 39.2. The first-order valence-electron chi connectivity index (χ1n) is 5.54. The van der Waals surface area contributed by atoms with Crippen LogP contribution in [0.1, 0.15) is 35.7 Å². The van der Waals surface area contributed by atoms with E-state index in [0.717, 1.165) is 23.3 Å². The van der Waals surface area contributed by atoms with Crippen LogP contribution in [-0.2, 0) is 6.42 Å². The quantitative estimate of drug-likeness (QED) is 0.861. The van der Waals surface area contributed by atoms with E-state index in [1.54, 1.807) is 6.07 Å². The second kappa shape index (κ2) is 3.62. The molecule has 0 amide bonds. The molecule has 1 aromatic heterocycles. The minimum Gasteiger partial charge on any atom is -0.297 e. The van der Waals surface area contributed by atoms with Gasteiger partial charge in [0, 0.05) is 10.9 Å². The standard InChI is InChI=1S/C11H11ClF3NS/c12-9-5-6-7(1-2-8(6)17-9)16-10(3-4-10)11(13,14)15/h5,7,16H,1-4H2. The van der Waals surface area contributed by atoms with Crippen LogP contribution in [0, 0.1) is 0 Å². The van der Waals surface area contributed by atoms with Crippen LogP contribution < -0.4 is 5.32 Å². The molecular weight excluding hydrogens is 271 g/mol. The Bertz CT molecular complexity index is 450. The molecule has 1 atom stereocenters. The maximum atomic E-state index is 12.8. The average molecular weight is 282 g/mol. The molecule has 1 heterocycles. The summed E-state index contributed by atoms with van der Waals surface area (Å²) in [5.74, 6) is 0. The van der Waals surface area contributed by atoms with Crippen LogP contribution >= 0.6 is 22.9 Å². The van der Waals surface area contributed by atoms with Crippen molar-refractivity contribution in [3.05, 3.63) is 20.8 Å². The van der Waals surface area contributed by atoms with Crippen molar-refractivity contribution >= 4 is 22.9 Å². The summed E-state index contributed by atoms with van der Waals surface area (Å²) >= 11 is 7.37. The number of halogens is 4. The smallest absolute Gasteiger partial charge is 0.297 e. The summed E-state index contributed by atoms with van der Waals surface area (Å²) in [7, 11) is 0. The highest BCUT2D eigenvalue weighted by Crippen LogP contribution is 2.52. The lowest BCUT2D eigenvalue weighted by Crippen LogP contribution is -2.46. The number of rotatable bonds is 2. The van der Waals surface area contributed by atoms with Crippen LogP contribution in [0.15, 0.2) is 6.07 Å². The molecule has 0 aromatic carbocycles. The predicted octanol–water partition coefficient (Wildman–Crippen LogP) is 4.07. The van der Waals surface area contributed by atoms with Crippen molar-refractivity contribution < 1.29 is 13.2 Å². The average Bonchev–Trinajstić information content (AvgIpc) is 2.79. The second-order valence-corrected chi connectivity index (χ2v) is 6.51. The van der Waals surface area contributed by atoms with Gasteiger partial charge >= 0.3 is 6.18 Å². The zero-order valence-corrected chi connectivity index (χ0v) is 10.5. The van der Waals surface area contributed by atoms with Gasteiger partial charge in [0.05, 0.1) is 4.34 Å². The Balaban J connectivity index is 1.80. The van der Waals surface area contributed by atoms with Gasteiger partial charge in [-0.1, -0.05) is 11.6 Å². The number of hydrogen-bond donors (Lipinski definition) is 1. The third-order valence-electron chi connectivity index (χ3n) is 3.59. The van der Waals surface area contributed by atoms with Crippen LogP contribution in [0.3, 0.4) is 0 Å². The molecule has 3 rings (SSSR count). The molecule has 1 unspecified atom stereocenters. The SMILES string of the molecule is FC(F)(F)C1(NC2CCc3sc(Cl)cc32)CC1. The van der Waals surface area contributed by atoms with Crippen LogP contribution in [0.5, 0.6) is 0 Å². The number of alkyl halides is 3. The van der Waals surface area contributed by atoms with Crippen LogP contribution in [0.4, 0.5) is 13.2 Å². The summed E-state index contributed by atoms with van der Waals surface area (Å²) in [5, 5.41) is 2.80. The first-order valence-corrected chi connectivity index (χ1v) is 6.73. The first kappa shape index (κ1) is 11.8. The number of fused-ring (bicyclic) bond motifs is 1. The lowest BCUT2D eigenvalue weighted by atomic mass is 10.1. The van der Waals surface area contributed by atoms with E-state index in [1.165, 1.54) is 11.3 Å². The fraction of sp³-hybridized carbons (Fsp3) is 0.636. The maximum Gasteiger partial charge on any atom is 0.406 e. The van der Waals surface area contributed by atoms with Gasteiger partial charge in [0.2, 0.25) is 0 Å². The highest BCUT2D eigenvalue weighted by atomic mass is 35.5. The molecule has 0 aliphatic heterocycles. The number of hydrogen-bond acceptors (Lipinski definition) is 2. The van der Waals surface area contributed by atoms with E-state index in [-0.39, 0.29) is 18.9 Å². The van der Waals surface area contributed by atoms with Crippen molar-refractivity contribution in [2.75, 3.05) is 0 Å². The zero-order valence-electron chi connectivity index (χ0n) is 8.90. The van der Waals surface area contributed by atoms with E-state index in [4.69, 9.17) is 11.6 Å². The van der Waals surface area contributed by atoms with E-state index in [1.807, 2.05) is 0 Å². The third-order valence-corrected chi connectivity index (χ3v) is 4.93. The van der Waals surface area contributed by atoms with Gasteiger partial charge in [-0.15, -0.1) is 11.3 Å². The van der Waals surface area contributed by atoms with Gasteiger partial charge in [0.25, 0.3) is 0 Å². The largest absolute Gasteiger partial charge is 0.406 e. The molecule has 0 saturated heterocycles. The van der Waals surface area contributed by atoms with Gasteiger partial charge in [-0.05, 0) is 37.3 Å². The Morgan fingerprint density at radius 3 is 2.71 bits per heavy atom. The molecule has 17 heavy (non-hydrogen) atoms. The summed E-state index contributed by atoms with van der Waals surface area (Å²) in [6, 6.07) is 1.62. The molecule has 0 bridgehead atoms. The molecule has 6 heteroatoms. The van der Waals surface area contributed by atoms with Crippen LogP contribution in [0.2, 0.25) is 4.34 Å². The molecule has 2 aliphatic carbocycles. The fourth-order valence-electron chi connectivity index (χ4n) is 2.45. The van der Waals surface area contributed by atoms with E-state index in [9.17, 15) is 13.2 Å². The van der Waals surface area contributed by atoms with E-state index in [0.29, 0.717) is 4.34 Å². The Kier molecular flexibility index (Phi) is 2.51. The molecule has 1 N–H and O–H groups in total. The first-order chi connectivity index (χ1) is 7.91.